The number of rotatable bonds is 1. The molecule has 50 valence electrons. The van der Waals surface area contributed by atoms with Gasteiger partial charge in [0.25, 0.3) is 0 Å². The van der Waals surface area contributed by atoms with E-state index in [9.17, 15) is 4.39 Å². The van der Waals surface area contributed by atoms with Crippen LogP contribution in [0.3, 0.4) is 0 Å². The van der Waals surface area contributed by atoms with Crippen LogP contribution in [0.4, 0.5) is 4.39 Å². The smallest absolute Gasteiger partial charge is 0.117 e. The average molecular weight is 128 g/mol. The van der Waals surface area contributed by atoms with Gasteiger partial charge in [0.2, 0.25) is 0 Å². The van der Waals surface area contributed by atoms with Gasteiger partial charge in [0.15, 0.2) is 0 Å². The molecule has 0 spiro atoms. The van der Waals surface area contributed by atoms with Gasteiger partial charge in [-0.15, -0.1) is 0 Å². The molecular weight excluding hydrogens is 119 g/mol. The van der Waals surface area contributed by atoms with Crippen molar-refractivity contribution in [2.45, 2.75) is 12.6 Å². The summed E-state index contributed by atoms with van der Waals surface area (Å²) in [5, 5.41) is 11.1. The fourth-order valence-corrected chi connectivity index (χ4v) is 1.02. The zero-order valence-corrected chi connectivity index (χ0v) is 5.10. The molecule has 0 aliphatic carbocycles. The summed E-state index contributed by atoms with van der Waals surface area (Å²) in [6.07, 6.45) is -0.460. The van der Waals surface area contributed by atoms with E-state index in [-0.39, 0.29) is 5.92 Å². The highest BCUT2D eigenvalue weighted by Crippen LogP contribution is 2.15. The predicted molar refractivity (Wildman–Crippen MR) is 31.5 cm³/mol. The maximum atomic E-state index is 12.6. The quantitative estimate of drug-likeness (QED) is 0.556. The molecule has 1 aliphatic rings. The summed E-state index contributed by atoms with van der Waals surface area (Å²) < 4.78 is 12.6. The highest BCUT2D eigenvalue weighted by molar-refractivity contribution is 4.87. The first-order valence-electron chi connectivity index (χ1n) is 3.06. The van der Waals surface area contributed by atoms with Crippen LogP contribution < -0.4 is 5.32 Å². The van der Waals surface area contributed by atoms with Crippen molar-refractivity contribution in [2.75, 3.05) is 13.1 Å². The van der Waals surface area contributed by atoms with Gasteiger partial charge in [-0.1, -0.05) is 0 Å². The molecule has 0 bridgehead atoms. The number of halogens is 1. The van der Waals surface area contributed by atoms with Crippen LogP contribution in [0.2, 0.25) is 0 Å². The third-order valence-electron chi connectivity index (χ3n) is 1.61. The molecule has 0 saturated carbocycles. The van der Waals surface area contributed by atoms with Crippen LogP contribution in [0, 0.1) is 17.2 Å². The molecule has 0 amide bonds. The van der Waals surface area contributed by atoms with Crippen molar-refractivity contribution in [3.8, 4) is 6.07 Å². The van der Waals surface area contributed by atoms with Gasteiger partial charge in [-0.05, 0) is 0 Å². The first-order valence-corrected chi connectivity index (χ1v) is 3.06. The van der Waals surface area contributed by atoms with Crippen LogP contribution >= 0.6 is 0 Å². The summed E-state index contributed by atoms with van der Waals surface area (Å²) in [5.74, 6) is -0.0602. The minimum atomic E-state index is -0.801. The molecule has 2 atom stereocenters. The Morgan fingerprint density at radius 1 is 1.67 bits per heavy atom. The minimum absolute atomic E-state index is 0.0602. The highest BCUT2D eigenvalue weighted by Gasteiger charge is 2.25. The molecule has 0 radical (unpaired) electrons. The molecule has 2 unspecified atom stereocenters. The molecule has 1 aliphatic heterocycles. The van der Waals surface area contributed by atoms with Crippen molar-refractivity contribution >= 4 is 0 Å². The maximum Gasteiger partial charge on any atom is 0.117 e. The van der Waals surface area contributed by atoms with E-state index in [1.165, 1.54) is 0 Å². The zero-order valence-electron chi connectivity index (χ0n) is 5.10. The van der Waals surface area contributed by atoms with Gasteiger partial charge < -0.3 is 5.32 Å². The largest absolute Gasteiger partial charge is 0.313 e. The molecule has 9 heavy (non-hydrogen) atoms. The summed E-state index contributed by atoms with van der Waals surface area (Å²) in [4.78, 5) is 0. The predicted octanol–water partition coefficient (Wildman–Crippen LogP) is 0.458. The van der Waals surface area contributed by atoms with Crippen LogP contribution in [0.5, 0.6) is 0 Å². The van der Waals surface area contributed by atoms with Crippen LogP contribution in [0.1, 0.15) is 6.42 Å². The Bertz CT molecular complexity index is 130. The Morgan fingerprint density at radius 2 is 2.44 bits per heavy atom. The summed E-state index contributed by atoms with van der Waals surface area (Å²) in [7, 11) is 0. The molecule has 1 saturated heterocycles. The van der Waals surface area contributed by atoms with E-state index in [2.05, 4.69) is 5.32 Å². The van der Waals surface area contributed by atoms with Crippen molar-refractivity contribution in [1.82, 2.24) is 5.32 Å². The zero-order chi connectivity index (χ0) is 6.69. The summed E-state index contributed by atoms with van der Waals surface area (Å²) in [5.41, 5.74) is 0. The van der Waals surface area contributed by atoms with Gasteiger partial charge in [-0.3, -0.25) is 0 Å². The number of hydrogen-bond donors (Lipinski definition) is 1. The Balaban J connectivity index is 2.33. The molecule has 1 heterocycles. The van der Waals surface area contributed by atoms with Crippen molar-refractivity contribution in [3.63, 3.8) is 0 Å². The standard InChI is InChI=1S/C6H9FN2/c7-6-4-9-3-5(6)1-2-8/h5-6,9H,1,3-4H2. The number of alkyl halides is 1. The van der Waals surface area contributed by atoms with Gasteiger partial charge >= 0.3 is 0 Å². The topological polar surface area (TPSA) is 35.8 Å². The molecule has 1 N–H and O–H groups in total. The summed E-state index contributed by atoms with van der Waals surface area (Å²) in [6.45, 7) is 1.08. The fraction of sp³-hybridized carbons (Fsp3) is 0.833. The molecule has 1 rings (SSSR count). The summed E-state index contributed by atoms with van der Waals surface area (Å²) in [6, 6.07) is 1.96. The lowest BCUT2D eigenvalue weighted by atomic mass is 10.1. The van der Waals surface area contributed by atoms with E-state index in [4.69, 9.17) is 5.26 Å². The van der Waals surface area contributed by atoms with Crippen LogP contribution in [-0.2, 0) is 0 Å². The number of nitrogens with one attached hydrogen (secondary N) is 1. The Morgan fingerprint density at radius 3 is 2.89 bits per heavy atom. The molecule has 2 nitrogen and oxygen atoms in total. The molecule has 0 aromatic rings. The van der Waals surface area contributed by atoms with Crippen molar-refractivity contribution in [2.24, 2.45) is 5.92 Å². The van der Waals surface area contributed by atoms with Gasteiger partial charge in [0.05, 0.1) is 6.07 Å². The second-order valence-electron chi connectivity index (χ2n) is 2.30. The first-order chi connectivity index (χ1) is 4.34. The van der Waals surface area contributed by atoms with Gasteiger partial charge in [0, 0.05) is 25.4 Å². The van der Waals surface area contributed by atoms with Crippen LogP contribution in [0.25, 0.3) is 0 Å². The summed E-state index contributed by atoms with van der Waals surface area (Å²) >= 11 is 0. The highest BCUT2D eigenvalue weighted by atomic mass is 19.1. The van der Waals surface area contributed by atoms with Gasteiger partial charge in [0.1, 0.15) is 6.17 Å². The molecule has 3 heteroatoms. The van der Waals surface area contributed by atoms with Crippen LogP contribution in [-0.4, -0.2) is 19.3 Å². The van der Waals surface area contributed by atoms with Crippen molar-refractivity contribution in [3.05, 3.63) is 0 Å². The van der Waals surface area contributed by atoms with Crippen molar-refractivity contribution < 1.29 is 4.39 Å². The van der Waals surface area contributed by atoms with Crippen molar-refractivity contribution in [1.29, 1.82) is 5.26 Å². The number of nitrogens with zero attached hydrogens (tertiary/aromatic N) is 1. The Labute approximate surface area is 53.7 Å². The monoisotopic (exact) mass is 128 g/mol. The molecule has 0 aromatic heterocycles. The SMILES string of the molecule is N#CCC1CNCC1F. The fourth-order valence-electron chi connectivity index (χ4n) is 1.02. The Hall–Kier alpha value is -0.620. The van der Waals surface area contributed by atoms with E-state index in [0.29, 0.717) is 19.5 Å². The van der Waals surface area contributed by atoms with E-state index in [1.54, 1.807) is 0 Å². The third-order valence-corrected chi connectivity index (χ3v) is 1.61. The van der Waals surface area contributed by atoms with E-state index in [0.717, 1.165) is 0 Å². The van der Waals surface area contributed by atoms with Gasteiger partial charge in [-0.2, -0.15) is 5.26 Å². The lowest BCUT2D eigenvalue weighted by Crippen LogP contribution is -2.11. The lowest BCUT2D eigenvalue weighted by Gasteiger charge is -2.03. The number of nitriles is 1. The Kier molecular flexibility index (Phi) is 2.01. The molecule has 1 fully saturated rings. The maximum absolute atomic E-state index is 12.6. The molecular formula is C6H9FN2. The van der Waals surface area contributed by atoms with E-state index >= 15 is 0 Å². The van der Waals surface area contributed by atoms with E-state index in [1.807, 2.05) is 6.07 Å². The third kappa shape index (κ3) is 1.39. The first kappa shape index (κ1) is 6.50. The van der Waals surface area contributed by atoms with E-state index < -0.39 is 6.17 Å². The number of hydrogen-bond acceptors (Lipinski definition) is 2. The van der Waals surface area contributed by atoms with Gasteiger partial charge in [-0.25, -0.2) is 4.39 Å². The second kappa shape index (κ2) is 2.79. The van der Waals surface area contributed by atoms with Crippen LogP contribution in [0.15, 0.2) is 0 Å². The molecule has 0 aromatic carbocycles. The normalized spacial score (nSPS) is 34.2. The lowest BCUT2D eigenvalue weighted by molar-refractivity contribution is 0.286. The minimum Gasteiger partial charge on any atom is -0.313 e. The second-order valence-corrected chi connectivity index (χ2v) is 2.30. The average Bonchev–Trinajstić information content (AvgIpc) is 2.18.